The Morgan fingerprint density at radius 2 is 2.03 bits per heavy atom. The summed E-state index contributed by atoms with van der Waals surface area (Å²) in [6, 6.07) is 12.5. The summed E-state index contributed by atoms with van der Waals surface area (Å²) in [4.78, 5) is 21.9. The Bertz CT molecular complexity index is 1150. The molecule has 8 heteroatoms. The largest absolute Gasteiger partial charge is 0.490 e. The summed E-state index contributed by atoms with van der Waals surface area (Å²) >= 11 is 0. The van der Waals surface area contributed by atoms with Gasteiger partial charge in [0.05, 0.1) is 31.5 Å². The number of oxazole rings is 1. The Kier molecular flexibility index (Phi) is 4.27. The molecule has 1 saturated heterocycles. The zero-order valence-electron chi connectivity index (χ0n) is 17.3. The molecule has 0 radical (unpaired) electrons. The highest BCUT2D eigenvalue weighted by atomic mass is 16.5. The Balaban J connectivity index is 1.23. The summed E-state index contributed by atoms with van der Waals surface area (Å²) in [5.41, 5.74) is 3.64. The molecule has 0 unspecified atom stereocenters. The van der Waals surface area contributed by atoms with Gasteiger partial charge in [0.15, 0.2) is 5.58 Å². The Morgan fingerprint density at radius 1 is 1.16 bits per heavy atom. The van der Waals surface area contributed by atoms with E-state index in [2.05, 4.69) is 15.1 Å². The molecule has 0 atom stereocenters. The number of anilines is 3. The monoisotopic (exact) mass is 420 g/mol. The van der Waals surface area contributed by atoms with Crippen LogP contribution in [0.5, 0.6) is 5.75 Å². The van der Waals surface area contributed by atoms with Crippen LogP contribution in [0.15, 0.2) is 40.8 Å². The molecule has 1 N–H and O–H groups in total. The van der Waals surface area contributed by atoms with E-state index >= 15 is 0 Å². The molecule has 1 aliphatic carbocycles. The average molecular weight is 420 g/mol. The van der Waals surface area contributed by atoms with Crippen molar-refractivity contribution in [3.8, 4) is 5.75 Å². The van der Waals surface area contributed by atoms with Gasteiger partial charge in [-0.15, -0.1) is 0 Å². The molecular weight excluding hydrogens is 396 g/mol. The van der Waals surface area contributed by atoms with Gasteiger partial charge in [-0.3, -0.25) is 4.79 Å². The molecule has 1 amide bonds. The molecular formula is C23H24N4O4. The number of nitrogens with one attached hydrogen (secondary N) is 1. The SMILES string of the molecule is CN1CCOc2ccc(C(=O)Nc3ccc4oc(N(C5CC5)C5COC5)nc4c3)cc21. The van der Waals surface area contributed by atoms with Crippen LogP contribution in [0.25, 0.3) is 11.1 Å². The summed E-state index contributed by atoms with van der Waals surface area (Å²) in [6.07, 6.45) is 2.33. The standard InChI is InChI=1S/C23H24N4O4/c1-26-8-9-30-21-6-2-14(10-19(21)26)22(28)24-15-3-7-20-18(11-15)25-23(31-20)27(16-4-5-16)17-12-29-13-17/h2-3,6-7,10-11,16-17H,4-5,8-9,12-13H2,1H3,(H,24,28). The van der Waals surface area contributed by atoms with Gasteiger partial charge in [0.2, 0.25) is 0 Å². The van der Waals surface area contributed by atoms with E-state index in [1.54, 1.807) is 6.07 Å². The molecule has 3 aliphatic rings. The molecule has 2 aromatic carbocycles. The molecule has 0 spiro atoms. The van der Waals surface area contributed by atoms with Gasteiger partial charge >= 0.3 is 0 Å². The maximum atomic E-state index is 12.9. The molecule has 1 aromatic heterocycles. The fourth-order valence-electron chi connectivity index (χ4n) is 4.15. The first-order valence-electron chi connectivity index (χ1n) is 10.7. The van der Waals surface area contributed by atoms with E-state index in [0.29, 0.717) is 41.5 Å². The van der Waals surface area contributed by atoms with Crippen LogP contribution in [-0.2, 0) is 4.74 Å². The lowest BCUT2D eigenvalue weighted by Gasteiger charge is -2.36. The number of benzene rings is 2. The summed E-state index contributed by atoms with van der Waals surface area (Å²) in [5.74, 6) is 0.634. The molecule has 2 aliphatic heterocycles. The van der Waals surface area contributed by atoms with E-state index in [1.807, 2.05) is 37.4 Å². The lowest BCUT2D eigenvalue weighted by Crippen LogP contribution is -2.50. The summed E-state index contributed by atoms with van der Waals surface area (Å²) < 4.78 is 17.1. The number of fused-ring (bicyclic) bond motifs is 2. The maximum absolute atomic E-state index is 12.9. The van der Waals surface area contributed by atoms with Crippen LogP contribution >= 0.6 is 0 Å². The first kappa shape index (κ1) is 18.5. The average Bonchev–Trinajstić information content (AvgIpc) is 3.49. The highest BCUT2D eigenvalue weighted by molar-refractivity contribution is 6.05. The van der Waals surface area contributed by atoms with Crippen LogP contribution in [-0.4, -0.2) is 56.4 Å². The number of rotatable bonds is 5. The van der Waals surface area contributed by atoms with Crippen molar-refractivity contribution in [2.24, 2.45) is 0 Å². The van der Waals surface area contributed by atoms with Crippen molar-refractivity contribution in [2.75, 3.05) is 48.5 Å². The molecule has 3 aromatic rings. The number of hydrogen-bond acceptors (Lipinski definition) is 7. The van der Waals surface area contributed by atoms with Gasteiger partial charge < -0.3 is 29.0 Å². The van der Waals surface area contributed by atoms with Gasteiger partial charge in [-0.05, 0) is 49.2 Å². The highest BCUT2D eigenvalue weighted by Crippen LogP contribution is 2.37. The second-order valence-electron chi connectivity index (χ2n) is 8.42. The predicted octanol–water partition coefficient (Wildman–Crippen LogP) is 3.28. The van der Waals surface area contributed by atoms with Crippen LogP contribution in [0, 0.1) is 0 Å². The van der Waals surface area contributed by atoms with E-state index < -0.39 is 0 Å². The van der Waals surface area contributed by atoms with Crippen LogP contribution in [0.4, 0.5) is 17.4 Å². The van der Waals surface area contributed by atoms with Gasteiger partial charge in [-0.1, -0.05) is 0 Å². The third kappa shape index (κ3) is 3.37. The Morgan fingerprint density at radius 3 is 2.81 bits per heavy atom. The molecule has 6 rings (SSSR count). The topological polar surface area (TPSA) is 80.1 Å². The molecule has 8 nitrogen and oxygen atoms in total. The van der Waals surface area contributed by atoms with Gasteiger partial charge in [-0.25, -0.2) is 0 Å². The number of carbonyl (C=O) groups excluding carboxylic acids is 1. The number of likely N-dealkylation sites (N-methyl/N-ethyl adjacent to an activating group) is 1. The molecule has 3 heterocycles. The van der Waals surface area contributed by atoms with Gasteiger partial charge in [0.25, 0.3) is 11.9 Å². The number of hydrogen-bond donors (Lipinski definition) is 1. The number of amides is 1. The quantitative estimate of drug-likeness (QED) is 0.679. The van der Waals surface area contributed by atoms with E-state index in [4.69, 9.17) is 18.9 Å². The van der Waals surface area contributed by atoms with Crippen molar-refractivity contribution in [2.45, 2.75) is 24.9 Å². The van der Waals surface area contributed by atoms with Crippen LogP contribution in [0.1, 0.15) is 23.2 Å². The summed E-state index contributed by atoms with van der Waals surface area (Å²) in [6.45, 7) is 2.89. The molecule has 1 saturated carbocycles. The van der Waals surface area contributed by atoms with Crippen molar-refractivity contribution in [3.05, 3.63) is 42.0 Å². The maximum Gasteiger partial charge on any atom is 0.299 e. The van der Waals surface area contributed by atoms with E-state index in [0.717, 1.165) is 49.6 Å². The number of nitrogens with zero attached hydrogens (tertiary/aromatic N) is 3. The second-order valence-corrected chi connectivity index (χ2v) is 8.42. The van der Waals surface area contributed by atoms with Crippen LogP contribution in [0.2, 0.25) is 0 Å². The molecule has 2 fully saturated rings. The molecule has 160 valence electrons. The van der Waals surface area contributed by atoms with Crippen molar-refractivity contribution in [1.82, 2.24) is 4.98 Å². The first-order valence-corrected chi connectivity index (χ1v) is 10.7. The minimum absolute atomic E-state index is 0.170. The fourth-order valence-corrected chi connectivity index (χ4v) is 4.15. The van der Waals surface area contributed by atoms with Crippen molar-refractivity contribution >= 4 is 34.4 Å². The van der Waals surface area contributed by atoms with Crippen LogP contribution < -0.4 is 19.9 Å². The van der Waals surface area contributed by atoms with Gasteiger partial charge in [0, 0.05) is 24.3 Å². The van der Waals surface area contributed by atoms with Crippen molar-refractivity contribution in [1.29, 1.82) is 0 Å². The third-order valence-corrected chi connectivity index (χ3v) is 6.13. The molecule has 31 heavy (non-hydrogen) atoms. The highest BCUT2D eigenvalue weighted by Gasteiger charge is 2.40. The van der Waals surface area contributed by atoms with Gasteiger partial charge in [-0.2, -0.15) is 4.98 Å². The lowest BCUT2D eigenvalue weighted by molar-refractivity contribution is 0.00576. The minimum atomic E-state index is -0.170. The number of ether oxygens (including phenoxy) is 2. The van der Waals surface area contributed by atoms with E-state index in [-0.39, 0.29) is 5.91 Å². The smallest absolute Gasteiger partial charge is 0.299 e. The third-order valence-electron chi connectivity index (χ3n) is 6.13. The minimum Gasteiger partial charge on any atom is -0.490 e. The van der Waals surface area contributed by atoms with Gasteiger partial charge in [0.1, 0.15) is 17.9 Å². The van der Waals surface area contributed by atoms with E-state index in [9.17, 15) is 4.79 Å². The Hall–Kier alpha value is -3.26. The zero-order valence-corrected chi connectivity index (χ0v) is 17.3. The summed E-state index contributed by atoms with van der Waals surface area (Å²) in [7, 11) is 2.00. The Labute approximate surface area is 179 Å². The number of aromatic nitrogens is 1. The predicted molar refractivity (Wildman–Crippen MR) is 117 cm³/mol. The van der Waals surface area contributed by atoms with Crippen molar-refractivity contribution < 1.29 is 18.7 Å². The normalized spacial score (nSPS) is 18.3. The van der Waals surface area contributed by atoms with E-state index in [1.165, 1.54) is 0 Å². The molecule has 0 bridgehead atoms. The zero-order chi connectivity index (χ0) is 20.9. The van der Waals surface area contributed by atoms with Crippen LogP contribution in [0.3, 0.4) is 0 Å². The lowest BCUT2D eigenvalue weighted by atomic mass is 10.1. The fraction of sp³-hybridized carbons (Fsp3) is 0.391. The number of carbonyl (C=O) groups is 1. The summed E-state index contributed by atoms with van der Waals surface area (Å²) in [5, 5.41) is 2.98. The van der Waals surface area contributed by atoms with Crippen molar-refractivity contribution in [3.63, 3.8) is 0 Å². The first-order chi connectivity index (χ1) is 15.2. The second kappa shape index (κ2) is 7.16.